The van der Waals surface area contributed by atoms with Gasteiger partial charge in [-0.05, 0) is 32.6 Å². The summed E-state index contributed by atoms with van der Waals surface area (Å²) in [5, 5.41) is 10.0. The maximum atomic E-state index is 12.3. The zero-order valence-corrected chi connectivity index (χ0v) is 12.1. The van der Waals surface area contributed by atoms with Gasteiger partial charge in [0.2, 0.25) is 10.0 Å². The molecule has 0 aliphatic carbocycles. The molecule has 1 aliphatic rings. The maximum absolute atomic E-state index is 12.3. The standard InChI is InChI=1S/C12H25NO3S/c1-5-10(2)9-17(15,16)13-8-6-7-11(13)12(3,4)14/h10-11,14H,5-9H2,1-4H3. The minimum absolute atomic E-state index is 0.169. The van der Waals surface area contributed by atoms with E-state index in [1.165, 1.54) is 4.31 Å². The Morgan fingerprint density at radius 1 is 1.47 bits per heavy atom. The molecule has 0 aromatic carbocycles. The lowest BCUT2D eigenvalue weighted by Crippen LogP contribution is -2.49. The van der Waals surface area contributed by atoms with Gasteiger partial charge in [-0.2, -0.15) is 4.31 Å². The topological polar surface area (TPSA) is 57.6 Å². The Bertz CT molecular complexity index is 345. The Kier molecular flexibility index (Phi) is 4.60. The molecule has 102 valence electrons. The van der Waals surface area contributed by atoms with Crippen LogP contribution in [0.15, 0.2) is 0 Å². The minimum Gasteiger partial charge on any atom is -0.389 e. The summed E-state index contributed by atoms with van der Waals surface area (Å²) in [6.07, 6.45) is 2.46. The lowest BCUT2D eigenvalue weighted by Gasteiger charge is -2.33. The summed E-state index contributed by atoms with van der Waals surface area (Å²) in [6, 6.07) is -0.267. The Hall–Kier alpha value is -0.130. The van der Waals surface area contributed by atoms with Crippen LogP contribution in [0.1, 0.15) is 47.0 Å². The summed E-state index contributed by atoms with van der Waals surface area (Å²) in [5.41, 5.74) is -0.959. The minimum atomic E-state index is -3.23. The van der Waals surface area contributed by atoms with Crippen molar-refractivity contribution in [2.24, 2.45) is 5.92 Å². The highest BCUT2D eigenvalue weighted by Crippen LogP contribution is 2.30. The number of hydrogen-bond donors (Lipinski definition) is 1. The van der Waals surface area contributed by atoms with Gasteiger partial charge in [0.25, 0.3) is 0 Å². The second-order valence-corrected chi connectivity index (χ2v) is 7.68. The van der Waals surface area contributed by atoms with E-state index < -0.39 is 15.6 Å². The third kappa shape index (κ3) is 3.66. The SMILES string of the molecule is CCC(C)CS(=O)(=O)N1CCCC1C(C)(C)O. The van der Waals surface area contributed by atoms with Crippen molar-refractivity contribution < 1.29 is 13.5 Å². The maximum Gasteiger partial charge on any atom is 0.214 e. The van der Waals surface area contributed by atoms with E-state index >= 15 is 0 Å². The first-order chi connectivity index (χ1) is 7.68. The molecule has 0 spiro atoms. The third-order valence-corrected chi connectivity index (χ3v) is 5.71. The molecular formula is C12H25NO3S. The number of rotatable bonds is 5. The van der Waals surface area contributed by atoms with Gasteiger partial charge < -0.3 is 5.11 Å². The van der Waals surface area contributed by atoms with Crippen LogP contribution in [0.25, 0.3) is 0 Å². The van der Waals surface area contributed by atoms with Gasteiger partial charge in [-0.25, -0.2) is 8.42 Å². The van der Waals surface area contributed by atoms with Crippen molar-refractivity contribution >= 4 is 10.0 Å². The van der Waals surface area contributed by atoms with Crippen molar-refractivity contribution in [3.8, 4) is 0 Å². The lowest BCUT2D eigenvalue weighted by atomic mass is 9.98. The molecule has 2 unspecified atom stereocenters. The van der Waals surface area contributed by atoms with E-state index in [4.69, 9.17) is 0 Å². The number of hydrogen-bond acceptors (Lipinski definition) is 3. The van der Waals surface area contributed by atoms with Crippen LogP contribution in [0, 0.1) is 5.92 Å². The molecule has 0 aromatic heterocycles. The Labute approximate surface area is 105 Å². The molecule has 1 fully saturated rings. The van der Waals surface area contributed by atoms with E-state index in [0.29, 0.717) is 6.54 Å². The third-order valence-electron chi connectivity index (χ3n) is 3.57. The monoisotopic (exact) mass is 263 g/mol. The van der Waals surface area contributed by atoms with Crippen molar-refractivity contribution in [1.82, 2.24) is 4.31 Å². The molecule has 0 aromatic rings. The van der Waals surface area contributed by atoms with E-state index in [1.54, 1.807) is 13.8 Å². The van der Waals surface area contributed by atoms with E-state index in [-0.39, 0.29) is 17.7 Å². The summed E-state index contributed by atoms with van der Waals surface area (Å²) in [5.74, 6) is 0.360. The Balaban J connectivity index is 2.84. The van der Waals surface area contributed by atoms with Crippen LogP contribution in [-0.4, -0.2) is 41.8 Å². The van der Waals surface area contributed by atoms with Gasteiger partial charge in [-0.1, -0.05) is 20.3 Å². The van der Waals surface area contributed by atoms with Gasteiger partial charge in [-0.3, -0.25) is 0 Å². The van der Waals surface area contributed by atoms with Crippen LogP contribution in [0.2, 0.25) is 0 Å². The second-order valence-electron chi connectivity index (χ2n) is 5.71. The van der Waals surface area contributed by atoms with Gasteiger partial charge in [0.1, 0.15) is 0 Å². The first-order valence-corrected chi connectivity index (χ1v) is 8.01. The average molecular weight is 263 g/mol. The summed E-state index contributed by atoms with van der Waals surface area (Å²) in [6.45, 7) is 7.88. The van der Waals surface area contributed by atoms with Crippen LogP contribution in [0.5, 0.6) is 0 Å². The number of aliphatic hydroxyl groups is 1. The quantitative estimate of drug-likeness (QED) is 0.819. The molecule has 5 heteroatoms. The molecule has 0 bridgehead atoms. The van der Waals surface area contributed by atoms with Gasteiger partial charge >= 0.3 is 0 Å². The largest absolute Gasteiger partial charge is 0.389 e. The molecular weight excluding hydrogens is 238 g/mol. The fraction of sp³-hybridized carbons (Fsp3) is 1.00. The van der Waals surface area contributed by atoms with Gasteiger partial charge in [0.15, 0.2) is 0 Å². The van der Waals surface area contributed by atoms with Gasteiger partial charge in [0.05, 0.1) is 17.4 Å². The van der Waals surface area contributed by atoms with Gasteiger partial charge in [0, 0.05) is 6.54 Å². The van der Waals surface area contributed by atoms with Crippen LogP contribution < -0.4 is 0 Å². The molecule has 1 N–H and O–H groups in total. The van der Waals surface area contributed by atoms with Crippen molar-refractivity contribution in [3.63, 3.8) is 0 Å². The normalized spacial score (nSPS) is 25.1. The predicted molar refractivity (Wildman–Crippen MR) is 69.3 cm³/mol. The molecule has 1 heterocycles. The fourth-order valence-electron chi connectivity index (χ4n) is 2.35. The molecule has 17 heavy (non-hydrogen) atoms. The van der Waals surface area contributed by atoms with Crippen LogP contribution >= 0.6 is 0 Å². The van der Waals surface area contributed by atoms with Crippen LogP contribution in [0.3, 0.4) is 0 Å². The van der Waals surface area contributed by atoms with E-state index in [2.05, 4.69) is 0 Å². The average Bonchev–Trinajstić information content (AvgIpc) is 2.65. The summed E-state index contributed by atoms with van der Waals surface area (Å²) in [4.78, 5) is 0. The second kappa shape index (κ2) is 5.24. The summed E-state index contributed by atoms with van der Waals surface area (Å²) >= 11 is 0. The van der Waals surface area contributed by atoms with E-state index in [0.717, 1.165) is 19.3 Å². The van der Waals surface area contributed by atoms with Crippen molar-refractivity contribution in [1.29, 1.82) is 0 Å². The highest BCUT2D eigenvalue weighted by Gasteiger charge is 2.42. The molecule has 1 aliphatic heterocycles. The van der Waals surface area contributed by atoms with Crippen molar-refractivity contribution in [3.05, 3.63) is 0 Å². The van der Waals surface area contributed by atoms with E-state index in [9.17, 15) is 13.5 Å². The highest BCUT2D eigenvalue weighted by molar-refractivity contribution is 7.89. The molecule has 4 nitrogen and oxygen atoms in total. The first-order valence-electron chi connectivity index (χ1n) is 6.40. The molecule has 2 atom stereocenters. The zero-order valence-electron chi connectivity index (χ0n) is 11.3. The molecule has 0 radical (unpaired) electrons. The molecule has 0 saturated carbocycles. The molecule has 1 saturated heterocycles. The van der Waals surface area contributed by atoms with Crippen molar-refractivity contribution in [2.45, 2.75) is 58.6 Å². The van der Waals surface area contributed by atoms with Crippen LogP contribution in [-0.2, 0) is 10.0 Å². The van der Waals surface area contributed by atoms with Crippen molar-refractivity contribution in [2.75, 3.05) is 12.3 Å². The van der Waals surface area contributed by atoms with E-state index in [1.807, 2.05) is 13.8 Å². The number of sulfonamides is 1. The van der Waals surface area contributed by atoms with Crippen LogP contribution in [0.4, 0.5) is 0 Å². The summed E-state index contributed by atoms with van der Waals surface area (Å²) < 4.78 is 26.1. The smallest absolute Gasteiger partial charge is 0.214 e. The fourth-order valence-corrected chi connectivity index (χ4v) is 4.66. The first kappa shape index (κ1) is 14.9. The van der Waals surface area contributed by atoms with Gasteiger partial charge in [-0.15, -0.1) is 0 Å². The number of nitrogens with zero attached hydrogens (tertiary/aromatic N) is 1. The highest BCUT2D eigenvalue weighted by atomic mass is 32.2. The molecule has 0 amide bonds. The molecule has 1 rings (SSSR count). The lowest BCUT2D eigenvalue weighted by molar-refractivity contribution is 0.0214. The zero-order chi connectivity index (χ0) is 13.3. The Morgan fingerprint density at radius 2 is 2.06 bits per heavy atom. The summed E-state index contributed by atoms with van der Waals surface area (Å²) in [7, 11) is -3.23. The predicted octanol–water partition coefficient (Wildman–Crippen LogP) is 1.60. The Morgan fingerprint density at radius 3 is 2.53 bits per heavy atom.